The van der Waals surface area contributed by atoms with Crippen molar-refractivity contribution < 1.29 is 0 Å². The number of nitrogens with two attached hydrogens (primary N) is 1. The smallest absolute Gasteiger partial charge is 0.140 e. The topological polar surface area (TPSA) is 47.1 Å². The summed E-state index contributed by atoms with van der Waals surface area (Å²) in [5, 5.41) is 0. The summed E-state index contributed by atoms with van der Waals surface area (Å²) >= 11 is 0. The Morgan fingerprint density at radius 1 is 1.22 bits per heavy atom. The van der Waals surface area contributed by atoms with E-state index in [1.54, 1.807) is 0 Å². The van der Waals surface area contributed by atoms with Crippen LogP contribution in [0.15, 0.2) is 24.3 Å². The molecule has 0 spiro atoms. The van der Waals surface area contributed by atoms with Gasteiger partial charge in [-0.05, 0) is 31.2 Å². The Morgan fingerprint density at radius 2 is 1.83 bits per heavy atom. The molecule has 0 saturated carbocycles. The van der Waals surface area contributed by atoms with E-state index in [-0.39, 0.29) is 0 Å². The van der Waals surface area contributed by atoms with Crippen molar-refractivity contribution in [1.29, 1.82) is 0 Å². The average Bonchev–Trinajstić information content (AvgIpc) is 2.66. The van der Waals surface area contributed by atoms with Crippen molar-refractivity contribution in [2.45, 2.75) is 13.5 Å². The second kappa shape index (κ2) is 4.82. The molecule has 0 amide bonds. The maximum Gasteiger partial charge on any atom is 0.140 e. The van der Waals surface area contributed by atoms with Gasteiger partial charge >= 0.3 is 0 Å². The van der Waals surface area contributed by atoms with E-state index in [2.05, 4.69) is 38.7 Å². The third kappa shape index (κ3) is 2.11. The van der Waals surface area contributed by atoms with Crippen LogP contribution in [0.4, 0.5) is 5.69 Å². The quantitative estimate of drug-likeness (QED) is 0.897. The fourth-order valence-corrected chi connectivity index (χ4v) is 2.00. The summed E-state index contributed by atoms with van der Waals surface area (Å²) in [4.78, 5) is 6.68. The molecule has 0 aliphatic rings. The van der Waals surface area contributed by atoms with E-state index in [9.17, 15) is 0 Å². The Morgan fingerprint density at radius 3 is 2.28 bits per heavy atom. The van der Waals surface area contributed by atoms with Gasteiger partial charge in [0.15, 0.2) is 0 Å². The molecule has 0 aliphatic heterocycles. The summed E-state index contributed by atoms with van der Waals surface area (Å²) in [5.74, 6) is 0.971. The van der Waals surface area contributed by atoms with Crippen LogP contribution < -0.4 is 10.6 Å². The van der Waals surface area contributed by atoms with Crippen LogP contribution in [0.1, 0.15) is 11.4 Å². The first kappa shape index (κ1) is 12.6. The first-order valence-electron chi connectivity index (χ1n) is 6.04. The molecule has 0 bridgehead atoms. The van der Waals surface area contributed by atoms with Crippen molar-refractivity contribution in [3.63, 3.8) is 0 Å². The molecule has 1 aromatic heterocycles. The lowest BCUT2D eigenvalue weighted by atomic mass is 10.2. The van der Waals surface area contributed by atoms with Gasteiger partial charge < -0.3 is 15.2 Å². The summed E-state index contributed by atoms with van der Waals surface area (Å²) in [6.07, 6.45) is 0. The van der Waals surface area contributed by atoms with Crippen LogP contribution in [-0.2, 0) is 13.6 Å². The Labute approximate surface area is 108 Å². The minimum Gasteiger partial charge on any atom is -0.378 e. The fraction of sp³-hybridized carbons (Fsp3) is 0.357. The molecule has 0 unspecified atom stereocenters. The van der Waals surface area contributed by atoms with Gasteiger partial charge in [-0.2, -0.15) is 0 Å². The molecule has 0 atom stereocenters. The molecule has 0 fully saturated rings. The van der Waals surface area contributed by atoms with Gasteiger partial charge in [0.05, 0.1) is 5.69 Å². The molecule has 4 nitrogen and oxygen atoms in total. The number of anilines is 1. The van der Waals surface area contributed by atoms with E-state index in [1.807, 2.05) is 28.1 Å². The highest BCUT2D eigenvalue weighted by Gasteiger charge is 2.11. The monoisotopic (exact) mass is 244 g/mol. The maximum absolute atomic E-state index is 5.69. The summed E-state index contributed by atoms with van der Waals surface area (Å²) in [5.41, 5.74) is 10.1. The summed E-state index contributed by atoms with van der Waals surface area (Å²) in [7, 11) is 6.09. The lowest BCUT2D eigenvalue weighted by Crippen LogP contribution is -2.08. The van der Waals surface area contributed by atoms with Crippen molar-refractivity contribution in [2.75, 3.05) is 19.0 Å². The lowest BCUT2D eigenvalue weighted by molar-refractivity contribution is 0.873. The van der Waals surface area contributed by atoms with E-state index in [4.69, 9.17) is 5.73 Å². The van der Waals surface area contributed by atoms with E-state index < -0.39 is 0 Å². The SMILES string of the molecule is Cc1c(CN)nc(-c2ccc(N(C)C)cc2)n1C. The molecule has 2 N–H and O–H groups in total. The van der Waals surface area contributed by atoms with Crippen molar-refractivity contribution in [3.8, 4) is 11.4 Å². The highest BCUT2D eigenvalue weighted by Crippen LogP contribution is 2.23. The zero-order chi connectivity index (χ0) is 13.3. The minimum atomic E-state index is 0.482. The Balaban J connectivity index is 2.42. The van der Waals surface area contributed by atoms with Crippen molar-refractivity contribution in [2.24, 2.45) is 12.8 Å². The fourth-order valence-electron chi connectivity index (χ4n) is 2.00. The van der Waals surface area contributed by atoms with Crippen molar-refractivity contribution >= 4 is 5.69 Å². The second-order valence-electron chi connectivity index (χ2n) is 4.67. The predicted molar refractivity (Wildman–Crippen MR) is 75.6 cm³/mol. The molecule has 2 aromatic rings. The molecule has 0 radical (unpaired) electrons. The Kier molecular flexibility index (Phi) is 3.39. The molecule has 1 heterocycles. The van der Waals surface area contributed by atoms with Gasteiger partial charge in [0.2, 0.25) is 0 Å². The molecule has 4 heteroatoms. The largest absolute Gasteiger partial charge is 0.378 e. The van der Waals surface area contributed by atoms with Gasteiger partial charge in [-0.25, -0.2) is 4.98 Å². The van der Waals surface area contributed by atoms with Crippen LogP contribution in [0.25, 0.3) is 11.4 Å². The van der Waals surface area contributed by atoms with Gasteiger partial charge in [-0.3, -0.25) is 0 Å². The number of imidazole rings is 1. The normalized spacial score (nSPS) is 10.7. The summed E-state index contributed by atoms with van der Waals surface area (Å²) in [6, 6.07) is 8.39. The van der Waals surface area contributed by atoms with Crippen LogP contribution in [0.2, 0.25) is 0 Å². The number of rotatable bonds is 3. The Bertz CT molecular complexity index is 538. The van der Waals surface area contributed by atoms with Crippen molar-refractivity contribution in [1.82, 2.24) is 9.55 Å². The third-order valence-electron chi connectivity index (χ3n) is 3.31. The molecule has 2 rings (SSSR count). The zero-order valence-corrected chi connectivity index (χ0v) is 11.4. The summed E-state index contributed by atoms with van der Waals surface area (Å²) in [6.45, 7) is 2.53. The Hall–Kier alpha value is -1.81. The number of hydrogen-bond acceptors (Lipinski definition) is 3. The van der Waals surface area contributed by atoms with Crippen LogP contribution >= 0.6 is 0 Å². The van der Waals surface area contributed by atoms with Gasteiger partial charge in [0.25, 0.3) is 0 Å². The standard InChI is InChI=1S/C14H20N4/c1-10-13(9-15)16-14(18(10)4)11-5-7-12(8-6-11)17(2)3/h5-8H,9,15H2,1-4H3. The number of aromatic nitrogens is 2. The maximum atomic E-state index is 5.69. The second-order valence-corrected chi connectivity index (χ2v) is 4.67. The molecule has 0 aliphatic carbocycles. The molecular formula is C14H20N4. The van der Waals surface area contributed by atoms with Crippen LogP contribution in [0.3, 0.4) is 0 Å². The first-order chi connectivity index (χ1) is 8.54. The molecule has 18 heavy (non-hydrogen) atoms. The van der Waals surface area contributed by atoms with E-state index in [1.165, 1.54) is 5.69 Å². The minimum absolute atomic E-state index is 0.482. The third-order valence-corrected chi connectivity index (χ3v) is 3.31. The molecule has 96 valence electrons. The number of benzene rings is 1. The molecular weight excluding hydrogens is 224 g/mol. The average molecular weight is 244 g/mol. The van der Waals surface area contributed by atoms with Gasteiger partial charge in [0, 0.05) is 44.6 Å². The van der Waals surface area contributed by atoms with Crippen LogP contribution in [-0.4, -0.2) is 23.6 Å². The van der Waals surface area contributed by atoms with Crippen LogP contribution in [0.5, 0.6) is 0 Å². The van der Waals surface area contributed by atoms with E-state index >= 15 is 0 Å². The van der Waals surface area contributed by atoms with Gasteiger partial charge in [-0.1, -0.05) is 0 Å². The number of hydrogen-bond donors (Lipinski definition) is 1. The summed E-state index contributed by atoms with van der Waals surface area (Å²) < 4.78 is 2.09. The number of nitrogens with zero attached hydrogens (tertiary/aromatic N) is 3. The zero-order valence-electron chi connectivity index (χ0n) is 11.4. The van der Waals surface area contributed by atoms with E-state index in [0.29, 0.717) is 6.54 Å². The lowest BCUT2D eigenvalue weighted by Gasteiger charge is -2.12. The first-order valence-corrected chi connectivity index (χ1v) is 6.04. The van der Waals surface area contributed by atoms with E-state index in [0.717, 1.165) is 22.8 Å². The van der Waals surface area contributed by atoms with Crippen LogP contribution in [0, 0.1) is 6.92 Å². The van der Waals surface area contributed by atoms with Crippen molar-refractivity contribution in [3.05, 3.63) is 35.7 Å². The highest BCUT2D eigenvalue weighted by atomic mass is 15.1. The molecule has 1 aromatic carbocycles. The van der Waals surface area contributed by atoms with Gasteiger partial charge in [-0.15, -0.1) is 0 Å². The highest BCUT2D eigenvalue weighted by molar-refractivity contribution is 5.61. The predicted octanol–water partition coefficient (Wildman–Crippen LogP) is 1.92. The molecule has 0 saturated heterocycles. The van der Waals surface area contributed by atoms with Gasteiger partial charge in [0.1, 0.15) is 5.82 Å².